The Morgan fingerprint density at radius 2 is 1.83 bits per heavy atom. The van der Waals surface area contributed by atoms with E-state index < -0.39 is 0 Å². The van der Waals surface area contributed by atoms with Gasteiger partial charge >= 0.3 is 0 Å². The van der Waals surface area contributed by atoms with Crippen LogP contribution in [0.3, 0.4) is 0 Å². The molecule has 3 heteroatoms. The lowest BCUT2D eigenvalue weighted by Crippen LogP contribution is -2.33. The lowest BCUT2D eigenvalue weighted by atomic mass is 9.82. The Balaban J connectivity index is 1.79. The van der Waals surface area contributed by atoms with Gasteiger partial charge in [0.2, 0.25) is 0 Å². The Morgan fingerprint density at radius 1 is 1.17 bits per heavy atom. The summed E-state index contributed by atoms with van der Waals surface area (Å²) in [6.45, 7) is 0.837. The summed E-state index contributed by atoms with van der Waals surface area (Å²) in [4.78, 5) is 0. The van der Waals surface area contributed by atoms with E-state index in [4.69, 9.17) is 5.26 Å². The molecule has 1 aliphatic carbocycles. The van der Waals surface area contributed by atoms with Gasteiger partial charge in [0, 0.05) is 23.5 Å². The third kappa shape index (κ3) is 3.83. The van der Waals surface area contributed by atoms with E-state index in [9.17, 15) is 0 Å². The largest absolute Gasteiger partial charge is 0.313 e. The molecule has 0 radical (unpaired) electrons. The Kier molecular flexibility index (Phi) is 5.22. The topological polar surface area (TPSA) is 35.8 Å². The van der Waals surface area contributed by atoms with E-state index in [2.05, 4.69) is 51.6 Å². The quantitative estimate of drug-likeness (QED) is 0.854. The van der Waals surface area contributed by atoms with Crippen LogP contribution in [-0.2, 0) is 0 Å². The Bertz CT molecular complexity index is 399. The fourth-order valence-corrected chi connectivity index (χ4v) is 2.96. The second-order valence-electron chi connectivity index (χ2n) is 4.96. The molecule has 0 aromatic heterocycles. The highest BCUT2D eigenvalue weighted by molar-refractivity contribution is 9.10. The van der Waals surface area contributed by atoms with Crippen molar-refractivity contribution < 1.29 is 0 Å². The molecular formula is C15H19BrN2. The van der Waals surface area contributed by atoms with Crippen molar-refractivity contribution >= 4 is 15.9 Å². The molecule has 0 unspecified atom stereocenters. The van der Waals surface area contributed by atoms with Crippen molar-refractivity contribution in [2.75, 3.05) is 6.54 Å². The molecule has 2 nitrogen and oxygen atoms in total. The molecule has 18 heavy (non-hydrogen) atoms. The summed E-state index contributed by atoms with van der Waals surface area (Å²) in [6.07, 6.45) is 5.59. The zero-order valence-corrected chi connectivity index (χ0v) is 12.1. The fraction of sp³-hybridized carbons (Fsp3) is 0.533. The third-order valence-corrected chi connectivity index (χ3v) is 4.27. The van der Waals surface area contributed by atoms with Crippen molar-refractivity contribution in [2.45, 2.75) is 44.1 Å². The Morgan fingerprint density at radius 3 is 2.44 bits per heavy atom. The number of benzene rings is 1. The van der Waals surface area contributed by atoms with Gasteiger partial charge < -0.3 is 5.32 Å². The summed E-state index contributed by atoms with van der Waals surface area (Å²) in [5.74, 6) is 0.715. The van der Waals surface area contributed by atoms with E-state index in [0.29, 0.717) is 18.4 Å². The van der Waals surface area contributed by atoms with Crippen LogP contribution in [0.2, 0.25) is 0 Å². The van der Waals surface area contributed by atoms with Gasteiger partial charge in [-0.15, -0.1) is 0 Å². The number of nitrogens with one attached hydrogen (secondary N) is 1. The lowest BCUT2D eigenvalue weighted by molar-refractivity contribution is 0.345. The third-order valence-electron chi connectivity index (χ3n) is 3.74. The Labute approximate surface area is 118 Å². The maximum atomic E-state index is 8.52. The minimum atomic E-state index is 0.616. The van der Waals surface area contributed by atoms with Gasteiger partial charge in [-0.25, -0.2) is 0 Å². The standard InChI is InChI=1S/C15H19BrN2/c16-14-6-2-12(3-7-14)13-4-8-15(9-5-13)18-11-1-10-17/h2-3,6-7,13,15,18H,1,4-5,8-9,11H2. The van der Waals surface area contributed by atoms with Crippen LogP contribution in [0.5, 0.6) is 0 Å². The smallest absolute Gasteiger partial charge is 0.0635 e. The average Bonchev–Trinajstić information content (AvgIpc) is 2.41. The maximum absolute atomic E-state index is 8.52. The molecular weight excluding hydrogens is 288 g/mol. The molecule has 96 valence electrons. The molecule has 1 aliphatic rings. The van der Waals surface area contributed by atoms with Crippen LogP contribution in [-0.4, -0.2) is 12.6 Å². The zero-order valence-electron chi connectivity index (χ0n) is 10.5. The molecule has 0 atom stereocenters. The number of nitrogens with zero attached hydrogens (tertiary/aromatic N) is 1. The van der Waals surface area contributed by atoms with E-state index >= 15 is 0 Å². The van der Waals surface area contributed by atoms with Crippen LogP contribution in [0.4, 0.5) is 0 Å². The number of hydrogen-bond donors (Lipinski definition) is 1. The predicted molar refractivity (Wildman–Crippen MR) is 77.4 cm³/mol. The molecule has 1 aromatic carbocycles. The summed E-state index contributed by atoms with van der Waals surface area (Å²) < 4.78 is 1.15. The van der Waals surface area contributed by atoms with Gasteiger partial charge in [-0.2, -0.15) is 5.26 Å². The molecule has 0 bridgehead atoms. The minimum Gasteiger partial charge on any atom is -0.313 e. The van der Waals surface area contributed by atoms with Crippen molar-refractivity contribution in [3.8, 4) is 6.07 Å². The van der Waals surface area contributed by atoms with Crippen molar-refractivity contribution in [1.82, 2.24) is 5.32 Å². The van der Waals surface area contributed by atoms with Gasteiger partial charge in [0.05, 0.1) is 6.07 Å². The van der Waals surface area contributed by atoms with Gasteiger partial charge in [0.1, 0.15) is 0 Å². The number of halogens is 1. The molecule has 0 spiro atoms. The summed E-state index contributed by atoms with van der Waals surface area (Å²) >= 11 is 3.48. The van der Waals surface area contributed by atoms with Crippen LogP contribution in [0.25, 0.3) is 0 Å². The molecule has 0 saturated heterocycles. The summed E-state index contributed by atoms with van der Waals surface area (Å²) in [7, 11) is 0. The number of nitriles is 1. The summed E-state index contributed by atoms with van der Waals surface area (Å²) in [5.41, 5.74) is 1.47. The first kappa shape index (κ1) is 13.6. The zero-order chi connectivity index (χ0) is 12.8. The van der Waals surface area contributed by atoms with Gasteiger partial charge in [0.15, 0.2) is 0 Å². The van der Waals surface area contributed by atoms with Gasteiger partial charge in [-0.05, 0) is 49.3 Å². The predicted octanol–water partition coefficient (Wildman–Crippen LogP) is 3.98. The van der Waals surface area contributed by atoms with Crippen molar-refractivity contribution in [1.29, 1.82) is 5.26 Å². The molecule has 1 aromatic rings. The van der Waals surface area contributed by atoms with E-state index in [-0.39, 0.29) is 0 Å². The van der Waals surface area contributed by atoms with E-state index in [1.807, 2.05) is 0 Å². The second kappa shape index (κ2) is 6.92. The highest BCUT2D eigenvalue weighted by Gasteiger charge is 2.21. The number of rotatable bonds is 4. The highest BCUT2D eigenvalue weighted by atomic mass is 79.9. The molecule has 0 heterocycles. The molecule has 1 fully saturated rings. The van der Waals surface area contributed by atoms with Gasteiger partial charge in [-0.1, -0.05) is 28.1 Å². The Hall–Kier alpha value is -0.850. The van der Waals surface area contributed by atoms with E-state index in [0.717, 1.165) is 11.0 Å². The highest BCUT2D eigenvalue weighted by Crippen LogP contribution is 2.33. The first-order valence-electron chi connectivity index (χ1n) is 6.65. The van der Waals surface area contributed by atoms with Gasteiger partial charge in [0.25, 0.3) is 0 Å². The molecule has 1 N–H and O–H groups in total. The molecule has 0 aliphatic heterocycles. The van der Waals surface area contributed by atoms with E-state index in [1.54, 1.807) is 0 Å². The van der Waals surface area contributed by atoms with E-state index in [1.165, 1.54) is 31.2 Å². The first-order chi connectivity index (χ1) is 8.79. The first-order valence-corrected chi connectivity index (χ1v) is 7.44. The summed E-state index contributed by atoms with van der Waals surface area (Å²) in [5, 5.41) is 12.0. The number of hydrogen-bond acceptors (Lipinski definition) is 2. The summed E-state index contributed by atoms with van der Waals surface area (Å²) in [6, 6.07) is 11.5. The minimum absolute atomic E-state index is 0.616. The normalized spacial score (nSPS) is 23.6. The van der Waals surface area contributed by atoms with Crippen LogP contribution in [0.1, 0.15) is 43.6 Å². The molecule has 1 saturated carbocycles. The SMILES string of the molecule is N#CCCNC1CCC(c2ccc(Br)cc2)CC1. The average molecular weight is 307 g/mol. The molecule has 2 rings (SSSR count). The maximum Gasteiger partial charge on any atom is 0.0635 e. The van der Waals surface area contributed by atoms with Crippen LogP contribution >= 0.6 is 15.9 Å². The van der Waals surface area contributed by atoms with Crippen molar-refractivity contribution in [3.63, 3.8) is 0 Å². The lowest BCUT2D eigenvalue weighted by Gasteiger charge is -2.29. The van der Waals surface area contributed by atoms with Gasteiger partial charge in [-0.3, -0.25) is 0 Å². The van der Waals surface area contributed by atoms with Crippen molar-refractivity contribution in [3.05, 3.63) is 34.3 Å². The molecule has 0 amide bonds. The fourth-order valence-electron chi connectivity index (χ4n) is 2.70. The van der Waals surface area contributed by atoms with Crippen molar-refractivity contribution in [2.24, 2.45) is 0 Å². The monoisotopic (exact) mass is 306 g/mol. The van der Waals surface area contributed by atoms with Crippen LogP contribution in [0, 0.1) is 11.3 Å². The second-order valence-corrected chi connectivity index (χ2v) is 5.88. The van der Waals surface area contributed by atoms with Crippen LogP contribution < -0.4 is 5.32 Å². The van der Waals surface area contributed by atoms with Crippen LogP contribution in [0.15, 0.2) is 28.7 Å².